The summed E-state index contributed by atoms with van der Waals surface area (Å²) in [5.74, 6) is 4.04. The van der Waals surface area contributed by atoms with E-state index in [1.165, 1.54) is 83.5 Å². The summed E-state index contributed by atoms with van der Waals surface area (Å²) in [6.07, 6.45) is 28.3. The third-order valence-corrected chi connectivity index (χ3v) is 6.59. The van der Waals surface area contributed by atoms with Crippen molar-refractivity contribution < 1.29 is 0 Å². The van der Waals surface area contributed by atoms with E-state index in [2.05, 4.69) is 38.2 Å². The van der Waals surface area contributed by atoms with E-state index in [0.717, 1.165) is 23.7 Å². The first-order chi connectivity index (χ1) is 11.3. The summed E-state index contributed by atoms with van der Waals surface area (Å²) >= 11 is 0. The first-order valence-electron chi connectivity index (χ1n) is 10.6. The molecule has 2 aliphatic rings. The average molecular weight is 317 g/mol. The van der Waals surface area contributed by atoms with Crippen LogP contribution in [0.15, 0.2) is 24.3 Å². The van der Waals surface area contributed by atoms with Gasteiger partial charge < -0.3 is 0 Å². The Balaban J connectivity index is 1.53. The quantitative estimate of drug-likeness (QED) is 0.402. The van der Waals surface area contributed by atoms with Gasteiger partial charge in [-0.1, -0.05) is 63.3 Å². The molecule has 0 amide bonds. The van der Waals surface area contributed by atoms with Crippen LogP contribution < -0.4 is 0 Å². The van der Waals surface area contributed by atoms with Gasteiger partial charge in [-0.25, -0.2) is 0 Å². The van der Waals surface area contributed by atoms with Crippen LogP contribution in [0, 0.1) is 23.7 Å². The second-order valence-electron chi connectivity index (χ2n) is 8.27. The zero-order valence-electron chi connectivity index (χ0n) is 15.8. The van der Waals surface area contributed by atoms with Crippen molar-refractivity contribution in [3.05, 3.63) is 24.3 Å². The Bertz CT molecular complexity index is 335. The highest BCUT2D eigenvalue weighted by Gasteiger charge is 2.20. The molecule has 0 aliphatic heterocycles. The average Bonchev–Trinajstić information content (AvgIpc) is 2.61. The predicted molar refractivity (Wildman–Crippen MR) is 104 cm³/mol. The van der Waals surface area contributed by atoms with Crippen LogP contribution in [0.2, 0.25) is 0 Å². The lowest BCUT2D eigenvalue weighted by Gasteiger charge is -2.28. The van der Waals surface area contributed by atoms with Gasteiger partial charge in [-0.2, -0.15) is 0 Å². The van der Waals surface area contributed by atoms with Crippen LogP contribution in [0.3, 0.4) is 0 Å². The summed E-state index contributed by atoms with van der Waals surface area (Å²) in [7, 11) is 0. The number of allylic oxidation sites excluding steroid dienone is 4. The Hall–Kier alpha value is -0.520. The summed E-state index contributed by atoms with van der Waals surface area (Å²) in [5, 5.41) is 0. The van der Waals surface area contributed by atoms with E-state index >= 15 is 0 Å². The van der Waals surface area contributed by atoms with Gasteiger partial charge in [0.25, 0.3) is 0 Å². The first-order valence-corrected chi connectivity index (χ1v) is 10.6. The van der Waals surface area contributed by atoms with Crippen LogP contribution in [0.5, 0.6) is 0 Å². The molecular formula is C23H40. The van der Waals surface area contributed by atoms with E-state index in [9.17, 15) is 0 Å². The van der Waals surface area contributed by atoms with E-state index in [-0.39, 0.29) is 0 Å². The van der Waals surface area contributed by atoms with E-state index in [1.54, 1.807) is 0 Å². The van der Waals surface area contributed by atoms with E-state index in [1.807, 2.05) is 0 Å². The lowest BCUT2D eigenvalue weighted by Crippen LogP contribution is -2.14. The molecule has 2 rings (SSSR count). The van der Waals surface area contributed by atoms with Crippen molar-refractivity contribution in [2.24, 2.45) is 23.7 Å². The monoisotopic (exact) mass is 316 g/mol. The minimum atomic E-state index is 0.986. The molecule has 0 nitrogen and oxygen atoms in total. The highest BCUT2D eigenvalue weighted by molar-refractivity contribution is 4.89. The number of rotatable bonds is 8. The molecule has 0 spiro atoms. The Morgan fingerprint density at radius 3 is 1.61 bits per heavy atom. The topological polar surface area (TPSA) is 0 Å². The maximum absolute atomic E-state index is 2.52. The molecule has 0 heteroatoms. The van der Waals surface area contributed by atoms with Gasteiger partial charge >= 0.3 is 0 Å². The Kier molecular flexibility index (Phi) is 9.09. The van der Waals surface area contributed by atoms with Gasteiger partial charge in [0.15, 0.2) is 0 Å². The molecule has 132 valence electrons. The molecule has 23 heavy (non-hydrogen) atoms. The van der Waals surface area contributed by atoms with E-state index < -0.39 is 0 Å². The molecule has 0 atom stereocenters. The van der Waals surface area contributed by atoms with Gasteiger partial charge in [0.1, 0.15) is 0 Å². The third kappa shape index (κ3) is 7.27. The minimum absolute atomic E-state index is 0.986. The van der Waals surface area contributed by atoms with Crippen LogP contribution in [0.1, 0.15) is 97.3 Å². The van der Waals surface area contributed by atoms with Crippen molar-refractivity contribution in [1.29, 1.82) is 0 Å². The number of hydrogen-bond acceptors (Lipinski definition) is 0. The lowest BCUT2D eigenvalue weighted by atomic mass is 9.78. The van der Waals surface area contributed by atoms with Crippen LogP contribution in [-0.2, 0) is 0 Å². The first kappa shape index (κ1) is 18.8. The molecule has 0 unspecified atom stereocenters. The predicted octanol–water partition coefficient (Wildman–Crippen LogP) is 7.70. The Morgan fingerprint density at radius 2 is 1.13 bits per heavy atom. The molecule has 0 N–H and O–H groups in total. The van der Waals surface area contributed by atoms with Crippen molar-refractivity contribution >= 4 is 0 Å². The Morgan fingerprint density at radius 1 is 0.652 bits per heavy atom. The second-order valence-corrected chi connectivity index (χ2v) is 8.27. The van der Waals surface area contributed by atoms with Crippen LogP contribution in [-0.4, -0.2) is 0 Å². The summed E-state index contributed by atoms with van der Waals surface area (Å²) in [6, 6.07) is 0. The van der Waals surface area contributed by atoms with Gasteiger partial charge in [-0.05, 0) is 82.0 Å². The molecule has 0 saturated heterocycles. The maximum atomic E-state index is 2.52. The molecule has 2 aliphatic carbocycles. The van der Waals surface area contributed by atoms with Gasteiger partial charge in [0.2, 0.25) is 0 Å². The Labute approximate surface area is 145 Å². The van der Waals surface area contributed by atoms with Crippen molar-refractivity contribution in [2.45, 2.75) is 97.3 Å². The molecular weight excluding hydrogens is 276 g/mol. The molecule has 0 radical (unpaired) electrons. The molecule has 0 aromatic heterocycles. The molecule has 0 heterocycles. The largest absolute Gasteiger partial charge is 0.0917 e. The second kappa shape index (κ2) is 11.1. The van der Waals surface area contributed by atoms with Gasteiger partial charge in [0.05, 0.1) is 0 Å². The van der Waals surface area contributed by atoms with Crippen molar-refractivity contribution in [3.8, 4) is 0 Å². The minimum Gasteiger partial charge on any atom is -0.0917 e. The lowest BCUT2D eigenvalue weighted by molar-refractivity contribution is 0.264. The van der Waals surface area contributed by atoms with E-state index in [0.29, 0.717) is 0 Å². The van der Waals surface area contributed by atoms with Crippen LogP contribution in [0.25, 0.3) is 0 Å². The van der Waals surface area contributed by atoms with Gasteiger partial charge in [0, 0.05) is 0 Å². The molecule has 0 bridgehead atoms. The standard InChI is InChI=1S/C23H40/c1-3-5-6-9-21-16-18-23(19-17-21)11-8-7-10-22-14-12-20(4-2)13-15-22/h3,5,7-8,20-23H,4,6,9-19H2,1-2H3/b5-3+,8-7-. The van der Waals surface area contributed by atoms with Gasteiger partial charge in [-0.15, -0.1) is 0 Å². The van der Waals surface area contributed by atoms with Crippen molar-refractivity contribution in [3.63, 3.8) is 0 Å². The zero-order valence-corrected chi connectivity index (χ0v) is 15.8. The molecule has 2 fully saturated rings. The fourth-order valence-corrected chi connectivity index (χ4v) is 4.71. The molecule has 0 aromatic rings. The third-order valence-electron chi connectivity index (χ3n) is 6.59. The smallest absolute Gasteiger partial charge is 0.0322 e. The highest BCUT2D eigenvalue weighted by Crippen LogP contribution is 2.34. The molecule has 0 aromatic carbocycles. The normalized spacial score (nSPS) is 32.8. The summed E-state index contributed by atoms with van der Waals surface area (Å²) in [4.78, 5) is 0. The SMILES string of the molecule is C/C=C/CCC1CCC(C/C=C\CC2CCC(CC)CC2)CC1. The summed E-state index contributed by atoms with van der Waals surface area (Å²) < 4.78 is 0. The number of hydrogen-bond donors (Lipinski definition) is 0. The van der Waals surface area contributed by atoms with Crippen molar-refractivity contribution in [2.75, 3.05) is 0 Å². The van der Waals surface area contributed by atoms with Gasteiger partial charge in [-0.3, -0.25) is 0 Å². The highest BCUT2D eigenvalue weighted by atomic mass is 14.3. The fourth-order valence-electron chi connectivity index (χ4n) is 4.71. The summed E-state index contributed by atoms with van der Waals surface area (Å²) in [6.45, 7) is 4.50. The fraction of sp³-hybridized carbons (Fsp3) is 0.826. The van der Waals surface area contributed by atoms with E-state index in [4.69, 9.17) is 0 Å². The molecule has 2 saturated carbocycles. The maximum Gasteiger partial charge on any atom is -0.0322 e. The van der Waals surface area contributed by atoms with Crippen LogP contribution >= 0.6 is 0 Å². The zero-order chi connectivity index (χ0) is 16.3. The van der Waals surface area contributed by atoms with Crippen LogP contribution in [0.4, 0.5) is 0 Å². The summed E-state index contributed by atoms with van der Waals surface area (Å²) in [5.41, 5.74) is 0. The van der Waals surface area contributed by atoms with Crippen molar-refractivity contribution in [1.82, 2.24) is 0 Å².